The van der Waals surface area contributed by atoms with Crippen molar-refractivity contribution < 1.29 is 9.59 Å². The highest BCUT2D eigenvalue weighted by atomic mass is 79.9. The number of alkyl halides is 1. The molecule has 0 saturated carbocycles. The van der Waals surface area contributed by atoms with Crippen LogP contribution in [0.2, 0.25) is 0 Å². The third-order valence-electron chi connectivity index (χ3n) is 5.27. The summed E-state index contributed by atoms with van der Waals surface area (Å²) in [4.78, 5) is 24.5. The van der Waals surface area contributed by atoms with Crippen molar-refractivity contribution in [3.8, 4) is 0 Å². The van der Waals surface area contributed by atoms with Crippen molar-refractivity contribution >= 4 is 39.5 Å². The Morgan fingerprint density at radius 3 is 2.20 bits per heavy atom. The summed E-state index contributed by atoms with van der Waals surface area (Å²) in [7, 11) is 0. The van der Waals surface area contributed by atoms with E-state index in [-0.39, 0.29) is 22.0 Å². The molecule has 1 aliphatic rings. The maximum Gasteiger partial charge on any atom is 0.259 e. The lowest BCUT2D eigenvalue weighted by molar-refractivity contribution is -0.175. The predicted molar refractivity (Wildman–Crippen MR) is 127 cm³/mol. The highest BCUT2D eigenvalue weighted by molar-refractivity contribution is 9.10. The van der Waals surface area contributed by atoms with Gasteiger partial charge in [0.2, 0.25) is 5.91 Å². The number of unbranched alkanes of at least 4 members (excludes halogenated alkanes) is 3. The summed E-state index contributed by atoms with van der Waals surface area (Å²) in [6.45, 7) is 2.14. The maximum atomic E-state index is 12.5. The van der Waals surface area contributed by atoms with E-state index in [2.05, 4.69) is 52.3 Å². The summed E-state index contributed by atoms with van der Waals surface area (Å²) in [6.07, 6.45) is 5.32. The van der Waals surface area contributed by atoms with Crippen LogP contribution in [0.25, 0.3) is 0 Å². The average Bonchev–Trinajstić information content (AvgIpc) is 2.77. The molecule has 1 fully saturated rings. The smallest absolute Gasteiger partial charge is 0.259 e. The van der Waals surface area contributed by atoms with Crippen molar-refractivity contribution in [2.24, 2.45) is 0 Å². The van der Waals surface area contributed by atoms with E-state index >= 15 is 0 Å². The van der Waals surface area contributed by atoms with Gasteiger partial charge in [-0.3, -0.25) is 14.6 Å². The number of carbonyl (C=O) groups excluding carboxylic acids is 2. The molecule has 0 bridgehead atoms. The van der Waals surface area contributed by atoms with Crippen LogP contribution in [0.15, 0.2) is 60.7 Å². The Kier molecular flexibility index (Phi) is 8.82. The zero-order chi connectivity index (χ0) is 21.3. The molecule has 2 aromatic carbocycles. The standard InChI is InChI=1S/C24H29BrN2O2S/c1-19(28)26(17-11-3-2-6-12-20-13-7-4-8-14-20)27-23(29)22(25)24(27)30-18-21-15-9-5-10-16-21/h4-5,7-10,13-16,22,24H,2-3,6,11-12,17-18H2,1H3. The van der Waals surface area contributed by atoms with Crippen molar-refractivity contribution in [1.29, 1.82) is 0 Å². The number of benzene rings is 2. The number of thioether (sulfide) groups is 1. The summed E-state index contributed by atoms with van der Waals surface area (Å²) in [5.41, 5.74) is 2.59. The number of carbonyl (C=O) groups is 2. The first-order valence-corrected chi connectivity index (χ1v) is 12.5. The van der Waals surface area contributed by atoms with E-state index in [0.717, 1.165) is 37.9 Å². The number of amides is 2. The van der Waals surface area contributed by atoms with Gasteiger partial charge in [-0.25, -0.2) is 5.01 Å². The number of nitrogens with zero attached hydrogens (tertiary/aromatic N) is 2. The zero-order valence-electron chi connectivity index (χ0n) is 17.4. The summed E-state index contributed by atoms with van der Waals surface area (Å²) in [5.74, 6) is 0.708. The SMILES string of the molecule is CC(=O)N(CCCCCCc1ccccc1)N1C(=O)C(Br)C1SCc1ccccc1. The minimum Gasteiger partial charge on any atom is -0.273 e. The van der Waals surface area contributed by atoms with Crippen molar-refractivity contribution in [3.63, 3.8) is 0 Å². The summed E-state index contributed by atoms with van der Waals surface area (Å²) in [6, 6.07) is 20.7. The Morgan fingerprint density at radius 1 is 0.967 bits per heavy atom. The second kappa shape index (κ2) is 11.6. The molecule has 2 aromatic rings. The van der Waals surface area contributed by atoms with Gasteiger partial charge in [-0.2, -0.15) is 0 Å². The molecule has 2 unspecified atom stereocenters. The van der Waals surface area contributed by atoms with Crippen LogP contribution in [0.1, 0.15) is 43.7 Å². The molecular formula is C24H29BrN2O2S. The molecule has 1 saturated heterocycles. The second-order valence-electron chi connectivity index (χ2n) is 7.56. The van der Waals surface area contributed by atoms with E-state index in [4.69, 9.17) is 0 Å². The molecule has 0 N–H and O–H groups in total. The number of aryl methyl sites for hydroxylation is 1. The fourth-order valence-electron chi connectivity index (χ4n) is 3.59. The van der Waals surface area contributed by atoms with Gasteiger partial charge in [0.1, 0.15) is 10.2 Å². The van der Waals surface area contributed by atoms with Crippen LogP contribution in [0.4, 0.5) is 0 Å². The lowest BCUT2D eigenvalue weighted by Crippen LogP contribution is -2.67. The zero-order valence-corrected chi connectivity index (χ0v) is 19.8. The highest BCUT2D eigenvalue weighted by Crippen LogP contribution is 2.38. The van der Waals surface area contributed by atoms with Gasteiger partial charge >= 0.3 is 0 Å². The summed E-state index contributed by atoms with van der Waals surface area (Å²) in [5, 5.41) is 3.24. The Bertz CT molecular complexity index is 818. The molecule has 2 amide bonds. The molecule has 0 spiro atoms. The Balaban J connectivity index is 1.45. The van der Waals surface area contributed by atoms with Gasteiger partial charge in [0, 0.05) is 19.2 Å². The topological polar surface area (TPSA) is 40.6 Å². The normalized spacial score (nSPS) is 18.2. The van der Waals surface area contributed by atoms with E-state index in [9.17, 15) is 9.59 Å². The van der Waals surface area contributed by atoms with Crippen LogP contribution in [0, 0.1) is 0 Å². The van der Waals surface area contributed by atoms with Gasteiger partial charge in [-0.15, -0.1) is 11.8 Å². The monoisotopic (exact) mass is 488 g/mol. The minimum absolute atomic E-state index is 0.0279. The van der Waals surface area contributed by atoms with Gasteiger partial charge in [-0.05, 0) is 30.4 Å². The molecule has 160 valence electrons. The minimum atomic E-state index is -0.237. The van der Waals surface area contributed by atoms with E-state index in [1.165, 1.54) is 11.1 Å². The predicted octanol–water partition coefficient (Wildman–Crippen LogP) is 5.42. The molecule has 0 aliphatic carbocycles. The Morgan fingerprint density at radius 2 is 1.57 bits per heavy atom. The van der Waals surface area contributed by atoms with Crippen LogP contribution < -0.4 is 0 Å². The maximum absolute atomic E-state index is 12.5. The molecule has 2 atom stereocenters. The Labute approximate surface area is 192 Å². The molecule has 1 heterocycles. The molecule has 1 aliphatic heterocycles. The van der Waals surface area contributed by atoms with Crippen LogP contribution >= 0.6 is 27.7 Å². The van der Waals surface area contributed by atoms with Crippen molar-refractivity contribution in [3.05, 3.63) is 71.8 Å². The lowest BCUT2D eigenvalue weighted by atomic mass is 10.1. The van der Waals surface area contributed by atoms with E-state index in [1.807, 2.05) is 24.3 Å². The number of hydrazine groups is 1. The summed E-state index contributed by atoms with van der Waals surface area (Å²) < 4.78 is 0. The van der Waals surface area contributed by atoms with Gasteiger partial charge in [0.25, 0.3) is 5.91 Å². The van der Waals surface area contributed by atoms with Gasteiger partial charge in [-0.1, -0.05) is 89.4 Å². The van der Waals surface area contributed by atoms with Crippen LogP contribution in [-0.2, 0) is 21.8 Å². The largest absolute Gasteiger partial charge is 0.273 e. The third-order valence-corrected chi connectivity index (χ3v) is 7.82. The molecule has 0 radical (unpaired) electrons. The van der Waals surface area contributed by atoms with Crippen LogP contribution in [0.3, 0.4) is 0 Å². The molecule has 6 heteroatoms. The molecule has 30 heavy (non-hydrogen) atoms. The number of halogens is 1. The summed E-state index contributed by atoms with van der Waals surface area (Å²) >= 11 is 5.19. The van der Waals surface area contributed by atoms with Crippen molar-refractivity contribution in [2.75, 3.05) is 6.54 Å². The quantitative estimate of drug-likeness (QED) is 0.241. The molecule has 3 rings (SSSR count). The first-order chi connectivity index (χ1) is 14.6. The number of hydrogen-bond donors (Lipinski definition) is 0. The van der Waals surface area contributed by atoms with Crippen LogP contribution in [0.5, 0.6) is 0 Å². The number of rotatable bonds is 11. The van der Waals surface area contributed by atoms with Crippen LogP contribution in [-0.4, -0.2) is 38.6 Å². The van der Waals surface area contributed by atoms with Gasteiger partial charge in [0.15, 0.2) is 0 Å². The van der Waals surface area contributed by atoms with E-state index in [0.29, 0.717) is 6.54 Å². The Hall–Kier alpha value is -1.79. The fourth-order valence-corrected chi connectivity index (χ4v) is 5.68. The van der Waals surface area contributed by atoms with Crippen molar-refractivity contribution in [1.82, 2.24) is 10.0 Å². The van der Waals surface area contributed by atoms with Crippen molar-refractivity contribution in [2.45, 2.75) is 55.0 Å². The highest BCUT2D eigenvalue weighted by Gasteiger charge is 2.49. The first kappa shape index (κ1) is 22.9. The van der Waals surface area contributed by atoms with E-state index in [1.54, 1.807) is 28.7 Å². The molecule has 4 nitrogen and oxygen atoms in total. The fraction of sp³-hybridized carbons (Fsp3) is 0.417. The second-order valence-corrected chi connectivity index (χ2v) is 9.66. The van der Waals surface area contributed by atoms with Gasteiger partial charge in [0.05, 0.1) is 0 Å². The average molecular weight is 489 g/mol. The van der Waals surface area contributed by atoms with E-state index < -0.39 is 0 Å². The van der Waals surface area contributed by atoms with Gasteiger partial charge < -0.3 is 0 Å². The number of hydrogen-bond acceptors (Lipinski definition) is 3. The molecule has 0 aromatic heterocycles. The first-order valence-electron chi connectivity index (χ1n) is 10.5. The molecular weight excluding hydrogens is 460 g/mol. The third kappa shape index (κ3) is 6.11. The lowest BCUT2D eigenvalue weighted by Gasteiger charge is -2.49. The number of β-lactam (4-membered cyclic amide) rings is 1.